The monoisotopic (exact) mass is 296 g/mol. The van der Waals surface area contributed by atoms with E-state index in [-0.39, 0.29) is 5.91 Å². The van der Waals surface area contributed by atoms with E-state index in [9.17, 15) is 4.79 Å². The lowest BCUT2D eigenvalue weighted by Crippen LogP contribution is -2.24. The minimum absolute atomic E-state index is 0.00869. The average molecular weight is 296 g/mol. The number of carbonyl (C=O) groups is 1. The summed E-state index contributed by atoms with van der Waals surface area (Å²) in [5, 5.41) is 11.7. The summed E-state index contributed by atoms with van der Waals surface area (Å²) in [6.45, 7) is 2.48. The van der Waals surface area contributed by atoms with Crippen LogP contribution in [-0.4, -0.2) is 11.7 Å². The Bertz CT molecular complexity index is 676. The Kier molecular flexibility index (Phi) is 5.42. The Labute approximate surface area is 129 Å². The molecule has 2 rings (SSSR count). The smallest absolute Gasteiger partial charge is 0.230 e. The first-order valence-corrected chi connectivity index (χ1v) is 7.62. The van der Waals surface area contributed by atoms with Crippen LogP contribution in [0.1, 0.15) is 16.7 Å². The minimum atomic E-state index is -0.00869. The zero-order valence-electron chi connectivity index (χ0n) is 11.8. The van der Waals surface area contributed by atoms with E-state index in [2.05, 4.69) is 11.4 Å². The van der Waals surface area contributed by atoms with Gasteiger partial charge in [-0.3, -0.25) is 4.79 Å². The summed E-state index contributed by atoms with van der Waals surface area (Å²) in [5.41, 5.74) is 2.72. The number of aryl methyl sites for hydroxylation is 1. The number of nitrogens with one attached hydrogen (secondary N) is 1. The molecule has 0 atom stereocenters. The van der Waals surface area contributed by atoms with Crippen LogP contribution < -0.4 is 5.32 Å². The number of benzene rings is 2. The molecule has 2 aromatic rings. The molecule has 0 aliphatic heterocycles. The number of nitrogens with zero attached hydrogens (tertiary/aromatic N) is 1. The first-order valence-electron chi connectivity index (χ1n) is 6.63. The van der Waals surface area contributed by atoms with Gasteiger partial charge in [-0.2, -0.15) is 5.26 Å². The SMILES string of the molecule is Cc1ccccc1SCC(=O)NCc1cccc(C#N)c1. The van der Waals surface area contributed by atoms with E-state index in [1.807, 2.05) is 43.3 Å². The summed E-state index contributed by atoms with van der Waals surface area (Å²) in [6, 6.07) is 17.4. The second-order valence-corrected chi connectivity index (χ2v) is 5.66. The molecule has 4 heteroatoms. The maximum absolute atomic E-state index is 11.9. The Morgan fingerprint density at radius 3 is 2.81 bits per heavy atom. The number of carbonyl (C=O) groups excluding carboxylic acids is 1. The third-order valence-corrected chi connectivity index (χ3v) is 4.17. The fourth-order valence-corrected chi connectivity index (χ4v) is 2.72. The third-order valence-electron chi connectivity index (χ3n) is 3.00. The van der Waals surface area contributed by atoms with E-state index < -0.39 is 0 Å². The molecule has 0 radical (unpaired) electrons. The van der Waals surface area contributed by atoms with Gasteiger partial charge in [0.05, 0.1) is 17.4 Å². The van der Waals surface area contributed by atoms with Crippen molar-refractivity contribution in [2.75, 3.05) is 5.75 Å². The van der Waals surface area contributed by atoms with Crippen LogP contribution in [0.25, 0.3) is 0 Å². The van der Waals surface area contributed by atoms with E-state index >= 15 is 0 Å². The summed E-state index contributed by atoms with van der Waals surface area (Å²) in [6.07, 6.45) is 0. The topological polar surface area (TPSA) is 52.9 Å². The van der Waals surface area contributed by atoms with Gasteiger partial charge in [0.2, 0.25) is 5.91 Å². The molecule has 0 aliphatic rings. The van der Waals surface area contributed by atoms with Crippen molar-refractivity contribution in [1.29, 1.82) is 5.26 Å². The van der Waals surface area contributed by atoms with Crippen LogP contribution >= 0.6 is 11.8 Å². The van der Waals surface area contributed by atoms with Gasteiger partial charge >= 0.3 is 0 Å². The normalized spacial score (nSPS) is 9.90. The van der Waals surface area contributed by atoms with Gasteiger partial charge in [0.15, 0.2) is 0 Å². The summed E-state index contributed by atoms with van der Waals surface area (Å²) in [7, 11) is 0. The largest absolute Gasteiger partial charge is 0.351 e. The van der Waals surface area contributed by atoms with Crippen LogP contribution in [0, 0.1) is 18.3 Å². The number of hydrogen-bond acceptors (Lipinski definition) is 3. The van der Waals surface area contributed by atoms with Crippen molar-refractivity contribution in [3.63, 3.8) is 0 Å². The summed E-state index contributed by atoms with van der Waals surface area (Å²) < 4.78 is 0. The predicted molar refractivity (Wildman–Crippen MR) is 84.9 cm³/mol. The van der Waals surface area contributed by atoms with E-state index in [0.717, 1.165) is 10.5 Å². The summed E-state index contributed by atoms with van der Waals surface area (Å²) in [4.78, 5) is 13.0. The van der Waals surface area contributed by atoms with Crippen molar-refractivity contribution in [1.82, 2.24) is 5.32 Å². The predicted octanol–water partition coefficient (Wildman–Crippen LogP) is 3.28. The molecule has 1 amide bonds. The van der Waals surface area contributed by atoms with Crippen molar-refractivity contribution in [3.8, 4) is 6.07 Å². The fraction of sp³-hybridized carbons (Fsp3) is 0.176. The molecule has 0 fully saturated rings. The average Bonchev–Trinajstić information content (AvgIpc) is 2.52. The highest BCUT2D eigenvalue weighted by Gasteiger charge is 2.04. The zero-order valence-corrected chi connectivity index (χ0v) is 12.6. The molecule has 0 bridgehead atoms. The molecule has 106 valence electrons. The molecule has 2 aromatic carbocycles. The van der Waals surface area contributed by atoms with Crippen molar-refractivity contribution < 1.29 is 4.79 Å². The lowest BCUT2D eigenvalue weighted by Gasteiger charge is -2.07. The van der Waals surface area contributed by atoms with Gasteiger partial charge in [-0.15, -0.1) is 11.8 Å². The number of hydrogen-bond donors (Lipinski definition) is 1. The lowest BCUT2D eigenvalue weighted by molar-refractivity contribution is -0.118. The maximum Gasteiger partial charge on any atom is 0.230 e. The van der Waals surface area contributed by atoms with E-state index in [0.29, 0.717) is 17.9 Å². The highest BCUT2D eigenvalue weighted by molar-refractivity contribution is 8.00. The highest BCUT2D eigenvalue weighted by atomic mass is 32.2. The van der Waals surface area contributed by atoms with Crippen molar-refractivity contribution in [3.05, 3.63) is 65.2 Å². The van der Waals surface area contributed by atoms with E-state index in [1.165, 1.54) is 17.3 Å². The van der Waals surface area contributed by atoms with Gasteiger partial charge < -0.3 is 5.32 Å². The Morgan fingerprint density at radius 1 is 1.24 bits per heavy atom. The van der Waals surface area contributed by atoms with Gasteiger partial charge in [-0.25, -0.2) is 0 Å². The molecule has 0 spiro atoms. The van der Waals surface area contributed by atoms with E-state index in [4.69, 9.17) is 5.26 Å². The fourth-order valence-electron chi connectivity index (χ4n) is 1.86. The number of thioether (sulfide) groups is 1. The molecular weight excluding hydrogens is 280 g/mol. The quantitative estimate of drug-likeness (QED) is 0.862. The molecule has 0 aromatic heterocycles. The van der Waals surface area contributed by atoms with Crippen LogP contribution in [0.3, 0.4) is 0 Å². The third kappa shape index (κ3) is 4.66. The van der Waals surface area contributed by atoms with Gasteiger partial charge in [0.25, 0.3) is 0 Å². The minimum Gasteiger partial charge on any atom is -0.351 e. The standard InChI is InChI=1S/C17H16N2OS/c1-13-5-2-3-8-16(13)21-12-17(20)19-11-15-7-4-6-14(9-15)10-18/h2-9H,11-12H2,1H3,(H,19,20). The molecule has 0 heterocycles. The Balaban J connectivity index is 1.82. The molecule has 0 aliphatic carbocycles. The highest BCUT2D eigenvalue weighted by Crippen LogP contribution is 2.21. The number of rotatable bonds is 5. The Hall–Kier alpha value is -2.25. The zero-order chi connectivity index (χ0) is 15.1. The molecule has 3 nitrogen and oxygen atoms in total. The van der Waals surface area contributed by atoms with Gasteiger partial charge in [0, 0.05) is 11.4 Å². The van der Waals surface area contributed by atoms with Gasteiger partial charge in [-0.1, -0.05) is 30.3 Å². The van der Waals surface area contributed by atoms with Crippen molar-refractivity contribution >= 4 is 17.7 Å². The van der Waals surface area contributed by atoms with Gasteiger partial charge in [0.1, 0.15) is 0 Å². The molecule has 0 unspecified atom stereocenters. The Morgan fingerprint density at radius 2 is 2.05 bits per heavy atom. The molecule has 1 N–H and O–H groups in total. The first kappa shape index (κ1) is 15.1. The van der Waals surface area contributed by atoms with Crippen molar-refractivity contribution in [2.45, 2.75) is 18.4 Å². The summed E-state index contributed by atoms with van der Waals surface area (Å²) >= 11 is 1.53. The van der Waals surface area contributed by atoms with Crippen LogP contribution in [0.5, 0.6) is 0 Å². The van der Waals surface area contributed by atoms with Crippen LogP contribution in [0.4, 0.5) is 0 Å². The van der Waals surface area contributed by atoms with Crippen molar-refractivity contribution in [2.24, 2.45) is 0 Å². The van der Waals surface area contributed by atoms with E-state index in [1.54, 1.807) is 12.1 Å². The second kappa shape index (κ2) is 7.51. The van der Waals surface area contributed by atoms with Gasteiger partial charge in [-0.05, 0) is 36.2 Å². The number of amides is 1. The van der Waals surface area contributed by atoms with Crippen LogP contribution in [-0.2, 0) is 11.3 Å². The second-order valence-electron chi connectivity index (χ2n) is 4.64. The molecule has 0 saturated heterocycles. The molecule has 0 saturated carbocycles. The summed E-state index contributed by atoms with van der Waals surface area (Å²) in [5.74, 6) is 0.383. The molecule has 21 heavy (non-hydrogen) atoms. The molecular formula is C17H16N2OS. The first-order chi connectivity index (χ1) is 10.2. The number of nitriles is 1. The maximum atomic E-state index is 11.9. The van der Waals surface area contributed by atoms with Crippen LogP contribution in [0.15, 0.2) is 53.4 Å². The van der Waals surface area contributed by atoms with Crippen LogP contribution in [0.2, 0.25) is 0 Å². The lowest BCUT2D eigenvalue weighted by atomic mass is 10.1.